The lowest BCUT2D eigenvalue weighted by Gasteiger charge is -2.19. The molecule has 2 aromatic carbocycles. The molecular formula is C25H24BrF3N2O4. The summed E-state index contributed by atoms with van der Waals surface area (Å²) in [6.45, 7) is 9.78. The summed E-state index contributed by atoms with van der Waals surface area (Å²) in [5.74, 6) is -4.35. The van der Waals surface area contributed by atoms with Gasteiger partial charge in [0.25, 0.3) is 0 Å². The van der Waals surface area contributed by atoms with Crippen molar-refractivity contribution in [1.29, 1.82) is 0 Å². The molecule has 3 aromatic rings. The van der Waals surface area contributed by atoms with Gasteiger partial charge in [0.1, 0.15) is 10.3 Å². The summed E-state index contributed by atoms with van der Waals surface area (Å²) in [6, 6.07) is 4.16. The average Bonchev–Trinajstić information content (AvgIpc) is 2.73. The molecule has 1 heterocycles. The molecule has 2 N–H and O–H groups in total. The van der Waals surface area contributed by atoms with E-state index in [2.05, 4.69) is 26.6 Å². The maximum Gasteiger partial charge on any atom is 0.229 e. The van der Waals surface area contributed by atoms with Crippen molar-refractivity contribution in [3.8, 4) is 11.3 Å². The van der Waals surface area contributed by atoms with Gasteiger partial charge in [-0.05, 0) is 34.1 Å². The molecule has 186 valence electrons. The lowest BCUT2D eigenvalue weighted by Crippen LogP contribution is -2.28. The zero-order valence-corrected chi connectivity index (χ0v) is 21.5. The number of hydrogen-bond acceptors (Lipinski definition) is 4. The second-order valence-electron chi connectivity index (χ2n) is 10.1. The lowest BCUT2D eigenvalue weighted by molar-refractivity contribution is -0.123. The second-order valence-corrected chi connectivity index (χ2v) is 10.9. The normalized spacial score (nSPS) is 12.1. The topological polar surface area (TPSA) is 88.4 Å². The third-order valence-electron chi connectivity index (χ3n) is 5.10. The molecule has 35 heavy (non-hydrogen) atoms. The maximum absolute atomic E-state index is 14.8. The predicted octanol–water partition coefficient (Wildman–Crippen LogP) is 6.61. The number of halogens is 4. The van der Waals surface area contributed by atoms with Gasteiger partial charge in [-0.2, -0.15) is 0 Å². The highest BCUT2D eigenvalue weighted by Gasteiger charge is 2.28. The van der Waals surface area contributed by atoms with E-state index in [9.17, 15) is 27.6 Å². The molecule has 0 aliphatic carbocycles. The van der Waals surface area contributed by atoms with E-state index in [1.54, 1.807) is 41.5 Å². The van der Waals surface area contributed by atoms with Gasteiger partial charge in [-0.3, -0.25) is 14.4 Å². The van der Waals surface area contributed by atoms with Gasteiger partial charge in [0.05, 0.1) is 16.8 Å². The number of amides is 2. The van der Waals surface area contributed by atoms with Crippen LogP contribution in [0.15, 0.2) is 37.9 Å². The molecule has 0 saturated carbocycles. The zero-order chi connectivity index (χ0) is 26.5. The molecule has 0 aliphatic heterocycles. The van der Waals surface area contributed by atoms with E-state index in [1.807, 2.05) is 0 Å². The molecule has 2 amide bonds. The van der Waals surface area contributed by atoms with E-state index in [4.69, 9.17) is 4.42 Å². The number of hydrogen-bond donors (Lipinski definition) is 2. The second kappa shape index (κ2) is 9.14. The van der Waals surface area contributed by atoms with Crippen LogP contribution in [0.25, 0.3) is 22.3 Å². The zero-order valence-electron chi connectivity index (χ0n) is 20.0. The molecule has 6 nitrogen and oxygen atoms in total. The molecule has 0 radical (unpaired) electrons. The van der Waals surface area contributed by atoms with Crippen LogP contribution in [0.4, 0.5) is 24.5 Å². The van der Waals surface area contributed by atoms with Crippen molar-refractivity contribution >= 4 is 50.1 Å². The summed E-state index contributed by atoms with van der Waals surface area (Å²) in [5.41, 5.74) is -3.70. The van der Waals surface area contributed by atoms with Crippen LogP contribution in [0.3, 0.4) is 0 Å². The first-order valence-corrected chi connectivity index (χ1v) is 11.4. The van der Waals surface area contributed by atoms with Gasteiger partial charge < -0.3 is 15.1 Å². The van der Waals surface area contributed by atoms with E-state index < -0.39 is 62.2 Å². The van der Waals surface area contributed by atoms with Crippen molar-refractivity contribution < 1.29 is 27.2 Å². The largest absolute Gasteiger partial charge is 0.451 e. The Morgan fingerprint density at radius 3 is 1.97 bits per heavy atom. The third-order valence-corrected chi connectivity index (χ3v) is 5.82. The Hall–Kier alpha value is -3.14. The van der Waals surface area contributed by atoms with Gasteiger partial charge in [0.2, 0.25) is 17.2 Å². The SMILES string of the molecule is CC(C)(C)C(=O)Nc1ccc(-c2oc3c(F)cc(F)c(NC(=O)C(C)(C)C)c3c(=O)c2Br)cc1F. The molecule has 0 unspecified atom stereocenters. The van der Waals surface area contributed by atoms with Gasteiger partial charge >= 0.3 is 0 Å². The smallest absolute Gasteiger partial charge is 0.229 e. The van der Waals surface area contributed by atoms with Crippen molar-refractivity contribution in [1.82, 2.24) is 0 Å². The van der Waals surface area contributed by atoms with E-state index in [-0.39, 0.29) is 21.5 Å². The van der Waals surface area contributed by atoms with E-state index >= 15 is 0 Å². The van der Waals surface area contributed by atoms with Crippen LogP contribution in [-0.4, -0.2) is 11.8 Å². The van der Waals surface area contributed by atoms with Crippen LogP contribution in [0, 0.1) is 28.3 Å². The highest BCUT2D eigenvalue weighted by atomic mass is 79.9. The molecule has 3 rings (SSSR count). The van der Waals surface area contributed by atoms with E-state index in [1.165, 1.54) is 12.1 Å². The molecule has 0 saturated heterocycles. The Bertz CT molecular complexity index is 1420. The fourth-order valence-corrected chi connectivity index (χ4v) is 3.46. The summed E-state index contributed by atoms with van der Waals surface area (Å²) in [5, 5.41) is 4.30. The standard InChI is InChI=1S/C25H24BrF3N2O4/c1-24(2,3)22(33)30-15-8-7-11(9-12(15)27)20-17(26)19(32)16-18(31-23(34)25(4,5)6)13(28)10-14(29)21(16)35-20/h7-10H,1-6H3,(H,30,33)(H,31,34). The summed E-state index contributed by atoms with van der Waals surface area (Å²) >= 11 is 3.08. The van der Waals surface area contributed by atoms with Crippen molar-refractivity contribution in [3.63, 3.8) is 0 Å². The Balaban J connectivity index is 2.17. The van der Waals surface area contributed by atoms with Crippen LogP contribution in [0.5, 0.6) is 0 Å². The van der Waals surface area contributed by atoms with Crippen LogP contribution in [-0.2, 0) is 9.59 Å². The predicted molar refractivity (Wildman–Crippen MR) is 132 cm³/mol. The highest BCUT2D eigenvalue weighted by molar-refractivity contribution is 9.10. The Morgan fingerprint density at radius 2 is 1.43 bits per heavy atom. The minimum absolute atomic E-state index is 0.0612. The average molecular weight is 553 g/mol. The minimum atomic E-state index is -1.17. The number of anilines is 2. The third kappa shape index (κ3) is 5.27. The molecule has 0 fully saturated rings. The summed E-state index contributed by atoms with van der Waals surface area (Å²) in [7, 11) is 0. The molecule has 0 spiro atoms. The fraction of sp³-hybridized carbons (Fsp3) is 0.320. The minimum Gasteiger partial charge on any atom is -0.451 e. The van der Waals surface area contributed by atoms with Gasteiger partial charge in [-0.25, -0.2) is 13.2 Å². The number of carbonyl (C=O) groups excluding carboxylic acids is 2. The number of fused-ring (bicyclic) bond motifs is 1. The van der Waals surface area contributed by atoms with Gasteiger partial charge in [0, 0.05) is 22.5 Å². The highest BCUT2D eigenvalue weighted by Crippen LogP contribution is 2.36. The van der Waals surface area contributed by atoms with Gasteiger partial charge in [-0.15, -0.1) is 0 Å². The number of rotatable bonds is 3. The molecule has 1 aromatic heterocycles. The van der Waals surface area contributed by atoms with Crippen LogP contribution >= 0.6 is 15.9 Å². The van der Waals surface area contributed by atoms with Crippen molar-refractivity contribution in [2.75, 3.05) is 10.6 Å². The number of benzene rings is 2. The Labute approximate surface area is 208 Å². The Morgan fingerprint density at radius 1 is 0.857 bits per heavy atom. The van der Waals surface area contributed by atoms with E-state index in [0.717, 1.165) is 6.07 Å². The summed E-state index contributed by atoms with van der Waals surface area (Å²) in [6.07, 6.45) is 0. The van der Waals surface area contributed by atoms with Gasteiger partial charge in [0.15, 0.2) is 23.0 Å². The monoisotopic (exact) mass is 552 g/mol. The molecule has 10 heteroatoms. The number of carbonyl (C=O) groups is 2. The summed E-state index contributed by atoms with van der Waals surface area (Å²) in [4.78, 5) is 37.7. The molecular weight excluding hydrogens is 529 g/mol. The molecule has 0 atom stereocenters. The molecule has 0 bridgehead atoms. The Kier molecular flexibility index (Phi) is 6.91. The summed E-state index contributed by atoms with van der Waals surface area (Å²) < 4.78 is 49.4. The van der Waals surface area contributed by atoms with Crippen LogP contribution < -0.4 is 16.1 Å². The number of nitrogens with one attached hydrogen (secondary N) is 2. The van der Waals surface area contributed by atoms with Crippen molar-refractivity contribution in [2.24, 2.45) is 10.8 Å². The fourth-order valence-electron chi connectivity index (χ4n) is 2.95. The van der Waals surface area contributed by atoms with Gasteiger partial charge in [-0.1, -0.05) is 41.5 Å². The lowest BCUT2D eigenvalue weighted by atomic mass is 9.95. The first kappa shape index (κ1) is 26.5. The quantitative estimate of drug-likeness (QED) is 0.382. The first-order valence-electron chi connectivity index (χ1n) is 10.6. The molecule has 0 aliphatic rings. The van der Waals surface area contributed by atoms with Crippen LogP contribution in [0.1, 0.15) is 41.5 Å². The maximum atomic E-state index is 14.8. The van der Waals surface area contributed by atoms with E-state index in [0.29, 0.717) is 6.07 Å². The van der Waals surface area contributed by atoms with Crippen molar-refractivity contribution in [3.05, 3.63) is 56.4 Å². The van der Waals surface area contributed by atoms with Crippen LogP contribution in [0.2, 0.25) is 0 Å². The van der Waals surface area contributed by atoms with Crippen molar-refractivity contribution in [2.45, 2.75) is 41.5 Å². The first-order chi connectivity index (χ1) is 16.0.